The maximum Gasteiger partial charge on any atom is 0.317 e. The Morgan fingerprint density at radius 3 is 2.25 bits per heavy atom. The largest absolute Gasteiger partial charge is 0.378 e. The number of nitrogens with one attached hydrogen (secondary N) is 2. The summed E-state index contributed by atoms with van der Waals surface area (Å²) in [5.74, 6) is -0.110. The van der Waals surface area contributed by atoms with Gasteiger partial charge in [0.15, 0.2) is 0 Å². The zero-order valence-electron chi connectivity index (χ0n) is 17.3. The highest BCUT2D eigenvalue weighted by Gasteiger charge is 2.11. The standard InChI is InChI=1S/C22H30N4O2/c1-16(2)24-21(27)19-8-6-7-18(13-19)14-23-22(28)26(5)15-17-9-11-20(12-10-17)25(3)4/h6-13,16H,14-15H2,1-5H3,(H,23,28)(H,24,27). The Labute approximate surface area is 167 Å². The first-order valence-corrected chi connectivity index (χ1v) is 9.41. The fourth-order valence-electron chi connectivity index (χ4n) is 2.73. The maximum atomic E-state index is 12.4. The molecule has 0 saturated heterocycles. The summed E-state index contributed by atoms with van der Waals surface area (Å²) in [5, 5.41) is 5.77. The van der Waals surface area contributed by atoms with E-state index in [4.69, 9.17) is 0 Å². The van der Waals surface area contributed by atoms with Gasteiger partial charge in [-0.1, -0.05) is 24.3 Å². The van der Waals surface area contributed by atoms with Crippen LogP contribution >= 0.6 is 0 Å². The summed E-state index contributed by atoms with van der Waals surface area (Å²) < 4.78 is 0. The predicted octanol–water partition coefficient (Wildman–Crippen LogP) is 3.23. The lowest BCUT2D eigenvalue weighted by Crippen LogP contribution is -2.36. The molecule has 0 fully saturated rings. The minimum absolute atomic E-state index is 0.0799. The van der Waals surface area contributed by atoms with E-state index in [0.717, 1.165) is 16.8 Å². The Kier molecular flexibility index (Phi) is 7.44. The number of rotatable bonds is 7. The lowest BCUT2D eigenvalue weighted by atomic mass is 10.1. The van der Waals surface area contributed by atoms with Gasteiger partial charge in [0.25, 0.3) is 5.91 Å². The van der Waals surface area contributed by atoms with E-state index in [1.54, 1.807) is 24.1 Å². The highest BCUT2D eigenvalue weighted by atomic mass is 16.2. The molecule has 2 aromatic rings. The molecule has 6 heteroatoms. The fourth-order valence-corrected chi connectivity index (χ4v) is 2.73. The van der Waals surface area contributed by atoms with Gasteiger partial charge in [-0.05, 0) is 49.2 Å². The Balaban J connectivity index is 1.89. The monoisotopic (exact) mass is 382 g/mol. The van der Waals surface area contributed by atoms with Crippen molar-refractivity contribution in [2.75, 3.05) is 26.0 Å². The molecule has 2 N–H and O–H groups in total. The molecule has 0 aliphatic heterocycles. The van der Waals surface area contributed by atoms with Crippen LogP contribution in [0.5, 0.6) is 0 Å². The van der Waals surface area contributed by atoms with Crippen LogP contribution in [0.2, 0.25) is 0 Å². The topological polar surface area (TPSA) is 64.7 Å². The van der Waals surface area contributed by atoms with Gasteiger partial charge < -0.3 is 20.4 Å². The van der Waals surface area contributed by atoms with E-state index in [-0.39, 0.29) is 18.0 Å². The molecule has 28 heavy (non-hydrogen) atoms. The number of nitrogens with zero attached hydrogens (tertiary/aromatic N) is 2. The van der Waals surface area contributed by atoms with Crippen LogP contribution in [0.3, 0.4) is 0 Å². The number of carbonyl (C=O) groups excluding carboxylic acids is 2. The van der Waals surface area contributed by atoms with E-state index >= 15 is 0 Å². The summed E-state index contributed by atoms with van der Waals surface area (Å²) in [4.78, 5) is 28.2. The number of hydrogen-bond donors (Lipinski definition) is 2. The molecule has 0 bridgehead atoms. The Morgan fingerprint density at radius 2 is 1.64 bits per heavy atom. The molecule has 0 unspecified atom stereocenters. The summed E-state index contributed by atoms with van der Waals surface area (Å²) in [5.41, 5.74) is 3.66. The summed E-state index contributed by atoms with van der Waals surface area (Å²) >= 11 is 0. The zero-order chi connectivity index (χ0) is 20.7. The minimum atomic E-state index is -0.159. The van der Waals surface area contributed by atoms with Gasteiger partial charge in [-0.3, -0.25) is 4.79 Å². The van der Waals surface area contributed by atoms with E-state index in [1.165, 1.54) is 0 Å². The van der Waals surface area contributed by atoms with E-state index in [0.29, 0.717) is 18.7 Å². The van der Waals surface area contributed by atoms with Gasteiger partial charge in [0.05, 0.1) is 0 Å². The highest BCUT2D eigenvalue weighted by Crippen LogP contribution is 2.13. The fraction of sp³-hybridized carbons (Fsp3) is 0.364. The third-order valence-corrected chi connectivity index (χ3v) is 4.27. The van der Waals surface area contributed by atoms with Gasteiger partial charge in [-0.2, -0.15) is 0 Å². The van der Waals surface area contributed by atoms with Crippen molar-refractivity contribution in [3.05, 3.63) is 65.2 Å². The molecule has 0 aliphatic carbocycles. The molecular formula is C22H30N4O2. The van der Waals surface area contributed by atoms with Crippen molar-refractivity contribution < 1.29 is 9.59 Å². The van der Waals surface area contributed by atoms with Gasteiger partial charge in [-0.15, -0.1) is 0 Å². The molecular weight excluding hydrogens is 352 g/mol. The molecule has 0 aliphatic rings. The predicted molar refractivity (Wildman–Crippen MR) is 114 cm³/mol. The van der Waals surface area contributed by atoms with Crippen molar-refractivity contribution in [2.24, 2.45) is 0 Å². The molecule has 0 atom stereocenters. The van der Waals surface area contributed by atoms with Crippen molar-refractivity contribution in [3.63, 3.8) is 0 Å². The van der Waals surface area contributed by atoms with Crippen LogP contribution in [0.25, 0.3) is 0 Å². The van der Waals surface area contributed by atoms with Crippen LogP contribution in [-0.4, -0.2) is 44.0 Å². The van der Waals surface area contributed by atoms with E-state index in [1.807, 2.05) is 69.2 Å². The number of carbonyl (C=O) groups is 2. The Morgan fingerprint density at radius 1 is 0.964 bits per heavy atom. The number of hydrogen-bond acceptors (Lipinski definition) is 3. The summed E-state index contributed by atoms with van der Waals surface area (Å²) in [6, 6.07) is 15.3. The third-order valence-electron chi connectivity index (χ3n) is 4.27. The quantitative estimate of drug-likeness (QED) is 0.773. The normalized spacial score (nSPS) is 10.5. The van der Waals surface area contributed by atoms with E-state index < -0.39 is 0 Å². The summed E-state index contributed by atoms with van der Waals surface area (Å²) in [6.07, 6.45) is 0. The lowest BCUT2D eigenvalue weighted by molar-refractivity contribution is 0.0943. The van der Waals surface area contributed by atoms with Crippen LogP contribution in [0, 0.1) is 0 Å². The van der Waals surface area contributed by atoms with E-state index in [2.05, 4.69) is 10.6 Å². The van der Waals surface area contributed by atoms with Gasteiger partial charge in [0, 0.05) is 51.5 Å². The summed E-state index contributed by atoms with van der Waals surface area (Å²) in [6.45, 7) is 4.74. The first-order chi connectivity index (χ1) is 13.3. The summed E-state index contributed by atoms with van der Waals surface area (Å²) in [7, 11) is 5.76. The molecule has 3 amide bonds. The SMILES string of the molecule is CC(C)NC(=O)c1cccc(CNC(=O)N(C)Cc2ccc(N(C)C)cc2)c1. The van der Waals surface area contributed by atoms with Crippen LogP contribution < -0.4 is 15.5 Å². The molecule has 6 nitrogen and oxygen atoms in total. The van der Waals surface area contributed by atoms with Crippen molar-refractivity contribution in [1.82, 2.24) is 15.5 Å². The number of anilines is 1. The Hall–Kier alpha value is -3.02. The van der Waals surface area contributed by atoms with Crippen LogP contribution in [0.4, 0.5) is 10.5 Å². The molecule has 150 valence electrons. The third kappa shape index (κ3) is 6.30. The second-order valence-corrected chi connectivity index (χ2v) is 7.40. The van der Waals surface area contributed by atoms with Crippen molar-refractivity contribution in [2.45, 2.75) is 33.0 Å². The van der Waals surface area contributed by atoms with E-state index in [9.17, 15) is 9.59 Å². The van der Waals surface area contributed by atoms with Crippen molar-refractivity contribution in [1.29, 1.82) is 0 Å². The smallest absolute Gasteiger partial charge is 0.317 e. The van der Waals surface area contributed by atoms with Gasteiger partial charge >= 0.3 is 6.03 Å². The van der Waals surface area contributed by atoms with Gasteiger partial charge in [0.1, 0.15) is 0 Å². The molecule has 0 spiro atoms. The average Bonchev–Trinajstić information content (AvgIpc) is 2.66. The average molecular weight is 383 g/mol. The van der Waals surface area contributed by atoms with Gasteiger partial charge in [-0.25, -0.2) is 4.79 Å². The second-order valence-electron chi connectivity index (χ2n) is 7.40. The Bertz CT molecular complexity index is 800. The maximum absolute atomic E-state index is 12.4. The number of urea groups is 1. The molecule has 2 aromatic carbocycles. The second kappa shape index (κ2) is 9.78. The highest BCUT2D eigenvalue weighted by molar-refractivity contribution is 5.94. The molecule has 0 heterocycles. The number of amides is 3. The minimum Gasteiger partial charge on any atom is -0.378 e. The molecule has 0 aromatic heterocycles. The van der Waals surface area contributed by atoms with Crippen molar-refractivity contribution >= 4 is 17.6 Å². The van der Waals surface area contributed by atoms with Crippen molar-refractivity contribution in [3.8, 4) is 0 Å². The van der Waals surface area contributed by atoms with Gasteiger partial charge in [0.2, 0.25) is 0 Å². The molecule has 0 saturated carbocycles. The zero-order valence-corrected chi connectivity index (χ0v) is 17.3. The molecule has 2 rings (SSSR count). The van der Waals surface area contributed by atoms with Crippen LogP contribution in [0.15, 0.2) is 48.5 Å². The van der Waals surface area contributed by atoms with Crippen LogP contribution in [0.1, 0.15) is 35.3 Å². The lowest BCUT2D eigenvalue weighted by Gasteiger charge is -2.19. The van der Waals surface area contributed by atoms with Crippen LogP contribution in [-0.2, 0) is 13.1 Å². The first kappa shape index (κ1) is 21.3. The molecule has 0 radical (unpaired) electrons. The number of benzene rings is 2. The first-order valence-electron chi connectivity index (χ1n) is 9.41.